The number of hydrogen-bond acceptors (Lipinski definition) is 3. The fourth-order valence-corrected chi connectivity index (χ4v) is 3.18. The summed E-state index contributed by atoms with van der Waals surface area (Å²) in [5, 5.41) is 0. The van der Waals surface area contributed by atoms with Crippen molar-refractivity contribution in [3.63, 3.8) is 0 Å². The van der Waals surface area contributed by atoms with Crippen LogP contribution in [0, 0.1) is 5.92 Å². The molecule has 24 heavy (non-hydrogen) atoms. The molecule has 4 nitrogen and oxygen atoms in total. The van der Waals surface area contributed by atoms with Crippen LogP contribution in [0.3, 0.4) is 0 Å². The van der Waals surface area contributed by atoms with Gasteiger partial charge in [-0.1, -0.05) is 30.3 Å². The van der Waals surface area contributed by atoms with Crippen molar-refractivity contribution in [2.45, 2.75) is 32.2 Å². The third-order valence-corrected chi connectivity index (χ3v) is 4.43. The van der Waals surface area contributed by atoms with Crippen LogP contribution in [-0.2, 0) is 11.3 Å². The number of halogens is 2. The Morgan fingerprint density at radius 1 is 1.21 bits per heavy atom. The van der Waals surface area contributed by atoms with Crippen molar-refractivity contribution in [2.75, 3.05) is 33.2 Å². The normalized spacial score (nSPS) is 14.9. The number of nitrogens with zero attached hydrogens (tertiary/aromatic N) is 2. The van der Waals surface area contributed by atoms with Gasteiger partial charge in [-0.2, -0.15) is 0 Å². The van der Waals surface area contributed by atoms with E-state index < -0.39 is 0 Å². The SMILES string of the molecule is CN(Cc1ccccc1)CC1CCN(C(=O)CCCN)CC1.Cl.Cl. The highest BCUT2D eigenvalue weighted by Gasteiger charge is 2.23. The summed E-state index contributed by atoms with van der Waals surface area (Å²) in [7, 11) is 2.19. The lowest BCUT2D eigenvalue weighted by molar-refractivity contribution is -0.132. The largest absolute Gasteiger partial charge is 0.343 e. The second-order valence-corrected chi connectivity index (χ2v) is 6.40. The monoisotopic (exact) mass is 375 g/mol. The number of benzene rings is 1. The topological polar surface area (TPSA) is 49.6 Å². The number of rotatable bonds is 7. The van der Waals surface area contributed by atoms with Crippen molar-refractivity contribution in [1.29, 1.82) is 0 Å². The van der Waals surface area contributed by atoms with Gasteiger partial charge in [0.25, 0.3) is 0 Å². The zero-order valence-corrected chi connectivity index (χ0v) is 16.2. The molecule has 0 bridgehead atoms. The minimum atomic E-state index is 0. The van der Waals surface area contributed by atoms with E-state index in [1.807, 2.05) is 4.90 Å². The number of piperidine rings is 1. The molecule has 0 atom stereocenters. The van der Waals surface area contributed by atoms with Gasteiger partial charge in [0.05, 0.1) is 0 Å². The molecule has 0 unspecified atom stereocenters. The first-order chi connectivity index (χ1) is 10.7. The number of carbonyl (C=O) groups is 1. The summed E-state index contributed by atoms with van der Waals surface area (Å²) >= 11 is 0. The number of carbonyl (C=O) groups excluding carboxylic acids is 1. The van der Waals surface area contributed by atoms with E-state index in [2.05, 4.69) is 42.3 Å². The van der Waals surface area contributed by atoms with Gasteiger partial charge in [-0.05, 0) is 44.3 Å². The summed E-state index contributed by atoms with van der Waals surface area (Å²) in [4.78, 5) is 16.4. The van der Waals surface area contributed by atoms with Crippen LogP contribution in [0.15, 0.2) is 30.3 Å². The fourth-order valence-electron chi connectivity index (χ4n) is 3.18. The average Bonchev–Trinajstić information content (AvgIpc) is 2.54. The summed E-state index contributed by atoms with van der Waals surface area (Å²) in [6.45, 7) is 4.53. The first kappa shape index (κ1) is 23.2. The van der Waals surface area contributed by atoms with Gasteiger partial charge in [-0.15, -0.1) is 24.8 Å². The molecule has 1 fully saturated rings. The van der Waals surface area contributed by atoms with E-state index in [0.29, 0.717) is 18.9 Å². The van der Waals surface area contributed by atoms with Crippen molar-refractivity contribution >= 4 is 30.7 Å². The van der Waals surface area contributed by atoms with Crippen LogP contribution in [0.25, 0.3) is 0 Å². The molecule has 1 aromatic rings. The Hall–Kier alpha value is -0.810. The van der Waals surface area contributed by atoms with Crippen molar-refractivity contribution in [3.05, 3.63) is 35.9 Å². The van der Waals surface area contributed by atoms with E-state index in [-0.39, 0.29) is 30.7 Å². The molecule has 2 rings (SSSR count). The highest BCUT2D eigenvalue weighted by Crippen LogP contribution is 2.19. The second-order valence-electron chi connectivity index (χ2n) is 6.40. The van der Waals surface area contributed by atoms with E-state index >= 15 is 0 Å². The summed E-state index contributed by atoms with van der Waals surface area (Å²) in [5.74, 6) is 0.980. The van der Waals surface area contributed by atoms with Gasteiger partial charge in [0.2, 0.25) is 5.91 Å². The molecule has 0 saturated carbocycles. The van der Waals surface area contributed by atoms with Gasteiger partial charge in [-0.3, -0.25) is 4.79 Å². The van der Waals surface area contributed by atoms with Gasteiger partial charge < -0.3 is 15.5 Å². The van der Waals surface area contributed by atoms with Crippen LogP contribution < -0.4 is 5.73 Å². The minimum Gasteiger partial charge on any atom is -0.343 e. The van der Waals surface area contributed by atoms with E-state index in [1.54, 1.807) is 0 Å². The summed E-state index contributed by atoms with van der Waals surface area (Å²) in [6, 6.07) is 10.6. The quantitative estimate of drug-likeness (QED) is 0.796. The molecule has 0 radical (unpaired) electrons. The lowest BCUT2D eigenvalue weighted by Crippen LogP contribution is -2.41. The average molecular weight is 376 g/mol. The number of amides is 1. The maximum absolute atomic E-state index is 12.0. The molecule has 1 heterocycles. The predicted molar refractivity (Wildman–Crippen MR) is 105 cm³/mol. The fraction of sp³-hybridized carbons (Fsp3) is 0.611. The standard InChI is InChI=1S/C18H29N3O.2ClH/c1-20(14-16-6-3-2-4-7-16)15-17-9-12-21(13-10-17)18(22)8-5-11-19;;/h2-4,6-7,17H,5,8-15,19H2,1H3;2*1H. The smallest absolute Gasteiger partial charge is 0.222 e. The number of likely N-dealkylation sites (tertiary alicyclic amines) is 1. The molecule has 2 N–H and O–H groups in total. The third kappa shape index (κ3) is 7.84. The van der Waals surface area contributed by atoms with Crippen molar-refractivity contribution < 1.29 is 4.79 Å². The highest BCUT2D eigenvalue weighted by molar-refractivity contribution is 5.85. The molecule has 0 aliphatic carbocycles. The zero-order chi connectivity index (χ0) is 15.8. The summed E-state index contributed by atoms with van der Waals surface area (Å²) < 4.78 is 0. The minimum absolute atomic E-state index is 0. The Balaban J connectivity index is 0.00000264. The van der Waals surface area contributed by atoms with Crippen molar-refractivity contribution in [3.8, 4) is 0 Å². The van der Waals surface area contributed by atoms with Crippen LogP contribution in [-0.4, -0.2) is 48.9 Å². The van der Waals surface area contributed by atoms with E-state index in [4.69, 9.17) is 5.73 Å². The Bertz CT molecular complexity index is 451. The lowest BCUT2D eigenvalue weighted by Gasteiger charge is -2.34. The van der Waals surface area contributed by atoms with Gasteiger partial charge in [0.1, 0.15) is 0 Å². The third-order valence-electron chi connectivity index (χ3n) is 4.43. The van der Waals surface area contributed by atoms with E-state index in [0.717, 1.165) is 45.4 Å². The Labute approximate surface area is 158 Å². The second kappa shape index (κ2) is 12.5. The first-order valence-electron chi connectivity index (χ1n) is 8.39. The van der Waals surface area contributed by atoms with Crippen LogP contribution in [0.4, 0.5) is 0 Å². The van der Waals surface area contributed by atoms with Gasteiger partial charge in [-0.25, -0.2) is 0 Å². The molecular formula is C18H31Cl2N3O. The van der Waals surface area contributed by atoms with Gasteiger partial charge in [0, 0.05) is 32.6 Å². The molecule has 1 amide bonds. The Kier molecular flexibility index (Phi) is 12.1. The van der Waals surface area contributed by atoms with Crippen LogP contribution in [0.5, 0.6) is 0 Å². The maximum atomic E-state index is 12.0. The van der Waals surface area contributed by atoms with Crippen LogP contribution in [0.2, 0.25) is 0 Å². The van der Waals surface area contributed by atoms with E-state index in [1.165, 1.54) is 5.56 Å². The summed E-state index contributed by atoms with van der Waals surface area (Å²) in [5.41, 5.74) is 6.83. The van der Waals surface area contributed by atoms with Gasteiger partial charge in [0.15, 0.2) is 0 Å². The molecule has 1 saturated heterocycles. The Morgan fingerprint density at radius 3 is 2.42 bits per heavy atom. The molecule has 0 aromatic heterocycles. The first-order valence-corrected chi connectivity index (χ1v) is 8.39. The maximum Gasteiger partial charge on any atom is 0.222 e. The molecule has 0 spiro atoms. The molecule has 1 aromatic carbocycles. The lowest BCUT2D eigenvalue weighted by atomic mass is 9.96. The van der Waals surface area contributed by atoms with E-state index in [9.17, 15) is 4.79 Å². The predicted octanol–water partition coefficient (Wildman–Crippen LogP) is 2.94. The van der Waals surface area contributed by atoms with Gasteiger partial charge >= 0.3 is 0 Å². The molecule has 6 heteroatoms. The molecule has 138 valence electrons. The highest BCUT2D eigenvalue weighted by atomic mass is 35.5. The summed E-state index contributed by atoms with van der Waals surface area (Å²) in [6.07, 6.45) is 3.65. The molecule has 1 aliphatic rings. The number of hydrogen-bond donors (Lipinski definition) is 1. The zero-order valence-electron chi connectivity index (χ0n) is 14.5. The Morgan fingerprint density at radius 2 is 1.83 bits per heavy atom. The van der Waals surface area contributed by atoms with Crippen molar-refractivity contribution in [2.24, 2.45) is 11.7 Å². The number of nitrogens with two attached hydrogens (primary N) is 1. The van der Waals surface area contributed by atoms with Crippen molar-refractivity contribution in [1.82, 2.24) is 9.80 Å². The van der Waals surface area contributed by atoms with Crippen LogP contribution >= 0.6 is 24.8 Å². The van der Waals surface area contributed by atoms with Crippen LogP contribution in [0.1, 0.15) is 31.2 Å². The molecular weight excluding hydrogens is 345 g/mol. The molecule has 1 aliphatic heterocycles.